The smallest absolute Gasteiger partial charge is 0.224 e. The second kappa shape index (κ2) is 7.51. The van der Waals surface area contributed by atoms with Gasteiger partial charge in [0.25, 0.3) is 0 Å². The van der Waals surface area contributed by atoms with Crippen molar-refractivity contribution in [3.05, 3.63) is 35.6 Å². The molecule has 0 aliphatic heterocycles. The van der Waals surface area contributed by atoms with E-state index in [9.17, 15) is 17.6 Å². The Morgan fingerprint density at radius 1 is 1.33 bits per heavy atom. The number of carbonyl (C=O) groups is 1. The van der Waals surface area contributed by atoms with Gasteiger partial charge in [0.2, 0.25) is 15.9 Å². The zero-order valence-corrected chi connectivity index (χ0v) is 13.3. The van der Waals surface area contributed by atoms with Crippen LogP contribution in [0.4, 0.5) is 4.39 Å². The molecule has 0 aliphatic rings. The van der Waals surface area contributed by atoms with E-state index in [0.29, 0.717) is 5.56 Å². The largest absolute Gasteiger partial charge is 0.354 e. The summed E-state index contributed by atoms with van der Waals surface area (Å²) in [7, 11) is -3.31. The van der Waals surface area contributed by atoms with Gasteiger partial charge in [-0.1, -0.05) is 18.2 Å². The lowest BCUT2D eigenvalue weighted by atomic mass is 10.1. The number of nitrogens with one attached hydrogen (secondary N) is 1. The number of nitrogens with zero attached hydrogens (tertiary/aromatic N) is 1. The van der Waals surface area contributed by atoms with Gasteiger partial charge in [-0.05, 0) is 25.5 Å². The minimum atomic E-state index is -3.31. The Kier molecular flexibility index (Phi) is 6.29. The van der Waals surface area contributed by atoms with Crippen LogP contribution in [0.5, 0.6) is 0 Å². The first-order chi connectivity index (χ1) is 9.71. The molecule has 0 fully saturated rings. The van der Waals surface area contributed by atoms with Crippen LogP contribution in [0, 0.1) is 5.82 Å². The number of carbonyl (C=O) groups excluding carboxylic acids is 1. The molecule has 0 aliphatic carbocycles. The molecular weight excluding hydrogens is 295 g/mol. The highest BCUT2D eigenvalue weighted by Crippen LogP contribution is 2.07. The summed E-state index contributed by atoms with van der Waals surface area (Å²) in [5.74, 6) is -0.759. The van der Waals surface area contributed by atoms with Crippen LogP contribution in [0.1, 0.15) is 19.4 Å². The van der Waals surface area contributed by atoms with Crippen molar-refractivity contribution in [2.45, 2.75) is 26.3 Å². The third kappa shape index (κ3) is 5.81. The second-order valence-electron chi connectivity index (χ2n) is 5.09. The average Bonchev–Trinajstić information content (AvgIpc) is 2.35. The predicted octanol–water partition coefficient (Wildman–Crippen LogP) is 1.15. The Morgan fingerprint density at radius 3 is 2.48 bits per heavy atom. The van der Waals surface area contributed by atoms with E-state index in [1.165, 1.54) is 10.4 Å². The molecule has 0 bridgehead atoms. The standard InChI is InChI=1S/C14H21FN2O3S/c1-11(2)17(21(3,19)20)9-8-16-14(18)10-12-6-4-5-7-13(12)15/h4-7,11H,8-10H2,1-3H3,(H,16,18). The van der Waals surface area contributed by atoms with Crippen LogP contribution in [0.15, 0.2) is 24.3 Å². The van der Waals surface area contributed by atoms with Crippen molar-refractivity contribution in [2.75, 3.05) is 19.3 Å². The lowest BCUT2D eigenvalue weighted by Crippen LogP contribution is -2.42. The van der Waals surface area contributed by atoms with Crippen molar-refractivity contribution in [3.63, 3.8) is 0 Å². The Labute approximate surface area is 125 Å². The lowest BCUT2D eigenvalue weighted by Gasteiger charge is -2.23. The third-order valence-electron chi connectivity index (χ3n) is 2.97. The first-order valence-electron chi connectivity index (χ1n) is 6.68. The third-order valence-corrected chi connectivity index (χ3v) is 4.42. The molecule has 0 unspecified atom stereocenters. The molecule has 118 valence electrons. The first-order valence-corrected chi connectivity index (χ1v) is 8.53. The molecule has 0 spiro atoms. The maximum absolute atomic E-state index is 13.4. The molecule has 7 heteroatoms. The minimum Gasteiger partial charge on any atom is -0.354 e. The van der Waals surface area contributed by atoms with E-state index in [1.54, 1.807) is 32.0 Å². The fourth-order valence-corrected chi connectivity index (χ4v) is 3.18. The summed E-state index contributed by atoms with van der Waals surface area (Å²) in [4.78, 5) is 11.7. The van der Waals surface area contributed by atoms with Crippen LogP contribution < -0.4 is 5.32 Å². The number of hydrogen-bond donors (Lipinski definition) is 1. The Bertz CT molecular complexity index is 588. The van der Waals surface area contributed by atoms with E-state index in [-0.39, 0.29) is 31.5 Å². The number of rotatable bonds is 7. The van der Waals surface area contributed by atoms with Crippen molar-refractivity contribution >= 4 is 15.9 Å². The van der Waals surface area contributed by atoms with Gasteiger partial charge in [-0.25, -0.2) is 12.8 Å². The van der Waals surface area contributed by atoms with Gasteiger partial charge in [0.15, 0.2) is 0 Å². The molecule has 0 atom stereocenters. The van der Waals surface area contributed by atoms with Crippen LogP contribution in [0.25, 0.3) is 0 Å². The van der Waals surface area contributed by atoms with Gasteiger partial charge in [0, 0.05) is 19.1 Å². The molecule has 21 heavy (non-hydrogen) atoms. The van der Waals surface area contributed by atoms with Gasteiger partial charge in [0.05, 0.1) is 12.7 Å². The number of halogens is 1. The molecular formula is C14H21FN2O3S. The van der Waals surface area contributed by atoms with Crippen molar-refractivity contribution in [1.82, 2.24) is 9.62 Å². The molecule has 0 heterocycles. The van der Waals surface area contributed by atoms with Crippen LogP contribution >= 0.6 is 0 Å². The van der Waals surface area contributed by atoms with Gasteiger partial charge in [-0.15, -0.1) is 0 Å². The molecule has 1 aromatic carbocycles. The normalized spacial score (nSPS) is 11.9. The maximum Gasteiger partial charge on any atom is 0.224 e. The molecule has 1 aromatic rings. The summed E-state index contributed by atoms with van der Waals surface area (Å²) < 4.78 is 37.8. The summed E-state index contributed by atoms with van der Waals surface area (Å²) in [6.45, 7) is 3.92. The van der Waals surface area contributed by atoms with Crippen molar-refractivity contribution in [2.24, 2.45) is 0 Å². The van der Waals surface area contributed by atoms with E-state index in [2.05, 4.69) is 5.32 Å². The van der Waals surface area contributed by atoms with E-state index in [4.69, 9.17) is 0 Å². The fourth-order valence-electron chi connectivity index (χ4n) is 1.99. The summed E-state index contributed by atoms with van der Waals surface area (Å²) in [6, 6.07) is 5.89. The number of benzene rings is 1. The number of sulfonamides is 1. The van der Waals surface area contributed by atoms with Crippen LogP contribution in [-0.4, -0.2) is 44.0 Å². The van der Waals surface area contributed by atoms with E-state index in [1.807, 2.05) is 0 Å². The van der Waals surface area contributed by atoms with Gasteiger partial charge < -0.3 is 5.32 Å². The highest BCUT2D eigenvalue weighted by atomic mass is 32.2. The topological polar surface area (TPSA) is 66.5 Å². The van der Waals surface area contributed by atoms with Gasteiger partial charge in [0.1, 0.15) is 5.82 Å². The molecule has 0 aromatic heterocycles. The first kappa shape index (κ1) is 17.6. The van der Waals surface area contributed by atoms with Crippen molar-refractivity contribution in [3.8, 4) is 0 Å². The van der Waals surface area contributed by atoms with E-state index >= 15 is 0 Å². The molecule has 1 N–H and O–H groups in total. The maximum atomic E-state index is 13.4. The lowest BCUT2D eigenvalue weighted by molar-refractivity contribution is -0.120. The second-order valence-corrected chi connectivity index (χ2v) is 7.02. The quantitative estimate of drug-likeness (QED) is 0.821. The molecule has 5 nitrogen and oxygen atoms in total. The summed E-state index contributed by atoms with van der Waals surface area (Å²) in [5.41, 5.74) is 0.318. The molecule has 1 rings (SSSR count). The molecule has 0 saturated heterocycles. The highest BCUT2D eigenvalue weighted by molar-refractivity contribution is 7.88. The van der Waals surface area contributed by atoms with Gasteiger partial charge in [-0.3, -0.25) is 4.79 Å². The highest BCUT2D eigenvalue weighted by Gasteiger charge is 2.19. The van der Waals surface area contributed by atoms with Crippen molar-refractivity contribution < 1.29 is 17.6 Å². The Morgan fingerprint density at radius 2 is 1.95 bits per heavy atom. The van der Waals surface area contributed by atoms with E-state index in [0.717, 1.165) is 6.26 Å². The monoisotopic (exact) mass is 316 g/mol. The van der Waals surface area contributed by atoms with Gasteiger partial charge in [-0.2, -0.15) is 4.31 Å². The average molecular weight is 316 g/mol. The Balaban J connectivity index is 2.49. The number of hydrogen-bond acceptors (Lipinski definition) is 3. The molecule has 1 amide bonds. The minimum absolute atomic E-state index is 0.0623. The SMILES string of the molecule is CC(C)N(CCNC(=O)Cc1ccccc1F)S(C)(=O)=O. The zero-order valence-electron chi connectivity index (χ0n) is 12.5. The number of amides is 1. The summed E-state index contributed by atoms with van der Waals surface area (Å²) in [5, 5.41) is 2.60. The molecule has 0 saturated carbocycles. The summed E-state index contributed by atoms with van der Waals surface area (Å²) >= 11 is 0. The zero-order chi connectivity index (χ0) is 16.0. The molecule has 0 radical (unpaired) electrons. The van der Waals surface area contributed by atoms with Crippen LogP contribution in [0.2, 0.25) is 0 Å². The predicted molar refractivity (Wildman–Crippen MR) is 79.8 cm³/mol. The van der Waals surface area contributed by atoms with Crippen LogP contribution in [0.3, 0.4) is 0 Å². The van der Waals surface area contributed by atoms with Gasteiger partial charge >= 0.3 is 0 Å². The fraction of sp³-hybridized carbons (Fsp3) is 0.500. The van der Waals surface area contributed by atoms with Crippen molar-refractivity contribution in [1.29, 1.82) is 0 Å². The van der Waals surface area contributed by atoms with E-state index < -0.39 is 15.8 Å². The Hall–Kier alpha value is -1.47. The van der Waals surface area contributed by atoms with Crippen LogP contribution in [-0.2, 0) is 21.2 Å². The summed E-state index contributed by atoms with van der Waals surface area (Å²) in [6.07, 6.45) is 1.07.